The first-order valence-electron chi connectivity index (χ1n) is 7.00. The van der Waals surface area contributed by atoms with Gasteiger partial charge in [0.2, 0.25) is 0 Å². The van der Waals surface area contributed by atoms with E-state index in [1.165, 1.54) is 18.2 Å². The second kappa shape index (κ2) is 7.33. The Labute approximate surface area is 139 Å². The van der Waals surface area contributed by atoms with Gasteiger partial charge < -0.3 is 14.7 Å². The summed E-state index contributed by atoms with van der Waals surface area (Å²) in [4.78, 5) is 13.0. The van der Waals surface area contributed by atoms with E-state index < -0.39 is 17.8 Å². The maximum Gasteiger partial charge on any atom is 0.326 e. The van der Waals surface area contributed by atoms with Crippen LogP contribution >= 0.6 is 11.6 Å². The van der Waals surface area contributed by atoms with Crippen molar-refractivity contribution < 1.29 is 19.0 Å². The fourth-order valence-corrected chi connectivity index (χ4v) is 2.39. The minimum Gasteiger partial charge on any atom is -0.497 e. The van der Waals surface area contributed by atoms with Crippen molar-refractivity contribution in [2.45, 2.75) is 19.5 Å². The molecule has 0 bridgehead atoms. The first kappa shape index (κ1) is 17.1. The highest BCUT2D eigenvalue weighted by Crippen LogP contribution is 2.26. The van der Waals surface area contributed by atoms with E-state index in [0.29, 0.717) is 18.0 Å². The number of ether oxygens (including phenoxy) is 1. The van der Waals surface area contributed by atoms with Gasteiger partial charge in [0.1, 0.15) is 17.6 Å². The molecule has 2 rings (SSSR count). The standard InChI is InChI=1S/C17H17ClFNO3/c1-11(17(21)22)20(13-6-7-16(19)15(18)9-13)10-12-4-3-5-14(8-12)23-2/h3-9,11H,10H2,1-2H3,(H,21,22)/t11-/m0/s1. The number of rotatable bonds is 6. The van der Waals surface area contributed by atoms with Crippen LogP contribution in [0.15, 0.2) is 42.5 Å². The van der Waals surface area contributed by atoms with Crippen LogP contribution in [0, 0.1) is 5.82 Å². The van der Waals surface area contributed by atoms with Gasteiger partial charge in [-0.1, -0.05) is 23.7 Å². The topological polar surface area (TPSA) is 49.8 Å². The Kier molecular flexibility index (Phi) is 5.45. The average Bonchev–Trinajstić information content (AvgIpc) is 2.54. The highest BCUT2D eigenvalue weighted by molar-refractivity contribution is 6.31. The predicted octanol–water partition coefficient (Wildman–Crippen LogP) is 3.97. The number of hydrogen-bond donors (Lipinski definition) is 1. The molecule has 2 aromatic carbocycles. The molecule has 0 aliphatic heterocycles. The first-order chi connectivity index (χ1) is 10.9. The average molecular weight is 338 g/mol. The van der Waals surface area contributed by atoms with Crippen LogP contribution in [0.3, 0.4) is 0 Å². The summed E-state index contributed by atoms with van der Waals surface area (Å²) in [7, 11) is 1.57. The summed E-state index contributed by atoms with van der Waals surface area (Å²) in [6, 6.07) is 10.7. The molecule has 23 heavy (non-hydrogen) atoms. The Hall–Kier alpha value is -2.27. The van der Waals surface area contributed by atoms with Crippen LogP contribution in [0.2, 0.25) is 5.02 Å². The molecular formula is C17H17ClFNO3. The van der Waals surface area contributed by atoms with Gasteiger partial charge in [0, 0.05) is 12.2 Å². The predicted molar refractivity (Wildman–Crippen MR) is 87.7 cm³/mol. The van der Waals surface area contributed by atoms with Crippen molar-refractivity contribution in [2.75, 3.05) is 12.0 Å². The first-order valence-corrected chi connectivity index (χ1v) is 7.37. The van der Waals surface area contributed by atoms with Crippen LogP contribution in [0.25, 0.3) is 0 Å². The van der Waals surface area contributed by atoms with Gasteiger partial charge in [0.15, 0.2) is 0 Å². The molecule has 6 heteroatoms. The third-order valence-electron chi connectivity index (χ3n) is 3.55. The van der Waals surface area contributed by atoms with E-state index in [-0.39, 0.29) is 5.02 Å². The summed E-state index contributed by atoms with van der Waals surface area (Å²) in [5.74, 6) is -0.837. The number of benzene rings is 2. The van der Waals surface area contributed by atoms with E-state index >= 15 is 0 Å². The number of nitrogens with zero attached hydrogens (tertiary/aromatic N) is 1. The molecule has 0 radical (unpaired) electrons. The molecule has 0 heterocycles. The zero-order chi connectivity index (χ0) is 17.0. The van der Waals surface area contributed by atoms with Gasteiger partial charge in [-0.3, -0.25) is 0 Å². The number of anilines is 1. The van der Waals surface area contributed by atoms with E-state index in [2.05, 4.69) is 0 Å². The molecular weight excluding hydrogens is 321 g/mol. The lowest BCUT2D eigenvalue weighted by atomic mass is 10.1. The van der Waals surface area contributed by atoms with Crippen LogP contribution in [-0.4, -0.2) is 24.2 Å². The van der Waals surface area contributed by atoms with Crippen LogP contribution < -0.4 is 9.64 Å². The lowest BCUT2D eigenvalue weighted by molar-refractivity contribution is -0.138. The van der Waals surface area contributed by atoms with Crippen molar-refractivity contribution in [2.24, 2.45) is 0 Å². The van der Waals surface area contributed by atoms with Crippen molar-refractivity contribution in [3.05, 3.63) is 58.9 Å². The largest absolute Gasteiger partial charge is 0.497 e. The molecule has 0 saturated heterocycles. The van der Waals surface area contributed by atoms with Gasteiger partial charge in [-0.15, -0.1) is 0 Å². The Bertz CT molecular complexity index is 708. The van der Waals surface area contributed by atoms with Gasteiger partial charge in [-0.2, -0.15) is 0 Å². The van der Waals surface area contributed by atoms with Crippen molar-refractivity contribution in [3.8, 4) is 5.75 Å². The molecule has 0 fully saturated rings. The molecule has 1 N–H and O–H groups in total. The molecule has 2 aromatic rings. The highest BCUT2D eigenvalue weighted by atomic mass is 35.5. The second-order valence-corrected chi connectivity index (χ2v) is 5.50. The van der Waals surface area contributed by atoms with Gasteiger partial charge in [-0.05, 0) is 42.8 Å². The Morgan fingerprint density at radius 2 is 2.09 bits per heavy atom. The maximum atomic E-state index is 13.4. The summed E-state index contributed by atoms with van der Waals surface area (Å²) in [5, 5.41) is 9.30. The highest BCUT2D eigenvalue weighted by Gasteiger charge is 2.22. The van der Waals surface area contributed by atoms with Gasteiger partial charge in [0.25, 0.3) is 0 Å². The fraction of sp³-hybridized carbons (Fsp3) is 0.235. The summed E-state index contributed by atoms with van der Waals surface area (Å²) in [6.45, 7) is 1.90. The minimum absolute atomic E-state index is 0.0456. The van der Waals surface area contributed by atoms with Crippen LogP contribution in [0.4, 0.5) is 10.1 Å². The molecule has 1 atom stereocenters. The molecule has 0 amide bonds. The zero-order valence-electron chi connectivity index (χ0n) is 12.8. The summed E-state index contributed by atoms with van der Waals surface area (Å²) >= 11 is 5.82. The molecule has 0 spiro atoms. The number of hydrogen-bond acceptors (Lipinski definition) is 3. The summed E-state index contributed by atoms with van der Waals surface area (Å²) in [5.41, 5.74) is 1.41. The zero-order valence-corrected chi connectivity index (χ0v) is 13.5. The van der Waals surface area contributed by atoms with Crippen molar-refractivity contribution in [1.29, 1.82) is 0 Å². The molecule has 0 aliphatic carbocycles. The monoisotopic (exact) mass is 337 g/mol. The van der Waals surface area contributed by atoms with Crippen LogP contribution in [0.5, 0.6) is 5.75 Å². The van der Waals surface area contributed by atoms with Gasteiger partial charge >= 0.3 is 5.97 Å². The van der Waals surface area contributed by atoms with E-state index in [1.807, 2.05) is 24.3 Å². The number of carboxylic acid groups (broad SMARTS) is 1. The van der Waals surface area contributed by atoms with E-state index in [9.17, 15) is 14.3 Å². The van der Waals surface area contributed by atoms with Crippen molar-refractivity contribution >= 4 is 23.3 Å². The lowest BCUT2D eigenvalue weighted by Gasteiger charge is -2.29. The van der Waals surface area contributed by atoms with Crippen molar-refractivity contribution in [3.63, 3.8) is 0 Å². The Balaban J connectivity index is 2.37. The SMILES string of the molecule is COc1cccc(CN(c2ccc(F)c(Cl)c2)[C@@H](C)C(=O)O)c1. The fourth-order valence-electron chi connectivity index (χ4n) is 2.22. The third-order valence-corrected chi connectivity index (χ3v) is 3.84. The smallest absolute Gasteiger partial charge is 0.326 e. The van der Waals surface area contributed by atoms with E-state index in [4.69, 9.17) is 16.3 Å². The second-order valence-electron chi connectivity index (χ2n) is 5.09. The number of methoxy groups -OCH3 is 1. The normalized spacial score (nSPS) is 11.8. The number of aliphatic carboxylic acids is 1. The minimum atomic E-state index is -0.978. The molecule has 0 aliphatic rings. The van der Waals surface area contributed by atoms with E-state index in [0.717, 1.165) is 5.56 Å². The van der Waals surface area contributed by atoms with Gasteiger partial charge in [-0.25, -0.2) is 9.18 Å². The quantitative estimate of drug-likeness (QED) is 0.866. The van der Waals surface area contributed by atoms with E-state index in [1.54, 1.807) is 18.9 Å². The third kappa shape index (κ3) is 4.13. The molecule has 0 aromatic heterocycles. The van der Waals surface area contributed by atoms with Crippen LogP contribution in [0.1, 0.15) is 12.5 Å². The molecule has 0 unspecified atom stereocenters. The molecule has 122 valence electrons. The summed E-state index contributed by atoms with van der Waals surface area (Å²) < 4.78 is 18.5. The molecule has 0 saturated carbocycles. The molecule has 4 nitrogen and oxygen atoms in total. The number of halogens is 2. The Morgan fingerprint density at radius 3 is 2.70 bits per heavy atom. The number of carboxylic acids is 1. The van der Waals surface area contributed by atoms with Gasteiger partial charge in [0.05, 0.1) is 12.1 Å². The maximum absolute atomic E-state index is 13.4. The number of carbonyl (C=O) groups is 1. The van der Waals surface area contributed by atoms with Crippen LogP contribution in [-0.2, 0) is 11.3 Å². The van der Waals surface area contributed by atoms with Crippen molar-refractivity contribution in [1.82, 2.24) is 0 Å². The summed E-state index contributed by atoms with van der Waals surface area (Å²) in [6.07, 6.45) is 0. The lowest BCUT2D eigenvalue weighted by Crippen LogP contribution is -2.38. The Morgan fingerprint density at radius 1 is 1.35 bits per heavy atom.